The van der Waals surface area contributed by atoms with Gasteiger partial charge in [0.15, 0.2) is 5.96 Å². The second-order valence-electron chi connectivity index (χ2n) is 6.85. The Labute approximate surface area is 157 Å². The summed E-state index contributed by atoms with van der Waals surface area (Å²) in [6.45, 7) is 8.24. The average Bonchev–Trinajstić information content (AvgIpc) is 3.12. The minimum atomic E-state index is 0. The third-order valence-electron chi connectivity index (χ3n) is 4.44. The molecule has 2 atom stereocenters. The summed E-state index contributed by atoms with van der Waals surface area (Å²) in [4.78, 5) is 20.2. The van der Waals surface area contributed by atoms with E-state index >= 15 is 0 Å². The number of likely N-dealkylation sites (N-methyl/N-ethyl adjacent to an activating group) is 1. The first kappa shape index (κ1) is 20.5. The zero-order valence-electron chi connectivity index (χ0n) is 14.7. The smallest absolute Gasteiger partial charge is 0.243 e. The SMILES string of the molecule is CC(C)NC(=NCC(=O)N(C)C)N1CCC(C2CCOC2)C1.I. The number of carbonyl (C=O) groups is 1. The Balaban J connectivity index is 0.00000264. The molecule has 0 saturated carbocycles. The van der Waals surface area contributed by atoms with Crippen LogP contribution in [0.15, 0.2) is 4.99 Å². The molecule has 1 N–H and O–H groups in total. The zero-order chi connectivity index (χ0) is 16.1. The summed E-state index contributed by atoms with van der Waals surface area (Å²) in [6, 6.07) is 0.307. The highest BCUT2D eigenvalue weighted by Crippen LogP contribution is 2.29. The van der Waals surface area contributed by atoms with Gasteiger partial charge in [-0.15, -0.1) is 24.0 Å². The van der Waals surface area contributed by atoms with E-state index in [0.717, 1.165) is 32.3 Å². The normalized spacial score (nSPS) is 24.7. The van der Waals surface area contributed by atoms with E-state index in [4.69, 9.17) is 4.74 Å². The molecule has 2 unspecified atom stereocenters. The second kappa shape index (κ2) is 9.66. The number of guanidine groups is 1. The third kappa shape index (κ3) is 6.10. The van der Waals surface area contributed by atoms with E-state index < -0.39 is 0 Å². The fourth-order valence-corrected chi connectivity index (χ4v) is 3.07. The van der Waals surface area contributed by atoms with E-state index in [1.807, 2.05) is 0 Å². The molecule has 0 aromatic heterocycles. The maximum atomic E-state index is 11.8. The summed E-state index contributed by atoms with van der Waals surface area (Å²) in [6.07, 6.45) is 2.37. The average molecular weight is 438 g/mol. The van der Waals surface area contributed by atoms with Gasteiger partial charge in [-0.1, -0.05) is 0 Å². The zero-order valence-corrected chi connectivity index (χ0v) is 17.1. The standard InChI is InChI=1S/C16H30N4O2.HI/c1-12(2)18-16(17-9-15(21)19(3)4)20-7-5-13(10-20)14-6-8-22-11-14;/h12-14H,5-11H2,1-4H3,(H,17,18);1H. The van der Waals surface area contributed by atoms with Crippen LogP contribution in [0.1, 0.15) is 26.7 Å². The molecule has 7 heteroatoms. The highest BCUT2D eigenvalue weighted by Gasteiger charge is 2.33. The quantitative estimate of drug-likeness (QED) is 0.410. The van der Waals surface area contributed by atoms with Crippen molar-refractivity contribution in [1.82, 2.24) is 15.1 Å². The monoisotopic (exact) mass is 438 g/mol. The second-order valence-corrected chi connectivity index (χ2v) is 6.85. The molecule has 0 radical (unpaired) electrons. The highest BCUT2D eigenvalue weighted by atomic mass is 127. The number of carbonyl (C=O) groups excluding carboxylic acids is 1. The summed E-state index contributed by atoms with van der Waals surface area (Å²) in [5, 5.41) is 3.40. The maximum absolute atomic E-state index is 11.8. The summed E-state index contributed by atoms with van der Waals surface area (Å²) in [7, 11) is 3.53. The van der Waals surface area contributed by atoms with Crippen molar-refractivity contribution >= 4 is 35.8 Å². The van der Waals surface area contributed by atoms with Gasteiger partial charge >= 0.3 is 0 Å². The molecule has 2 saturated heterocycles. The molecular weight excluding hydrogens is 407 g/mol. The summed E-state index contributed by atoms with van der Waals surface area (Å²) in [5.74, 6) is 2.27. The number of halogens is 1. The van der Waals surface area contributed by atoms with Crippen molar-refractivity contribution in [3.63, 3.8) is 0 Å². The van der Waals surface area contributed by atoms with Crippen molar-refractivity contribution in [2.24, 2.45) is 16.8 Å². The van der Waals surface area contributed by atoms with Gasteiger partial charge in [0.25, 0.3) is 0 Å². The molecule has 2 fully saturated rings. The number of rotatable bonds is 4. The van der Waals surface area contributed by atoms with E-state index in [1.165, 1.54) is 12.8 Å². The summed E-state index contributed by atoms with van der Waals surface area (Å²) >= 11 is 0. The van der Waals surface area contributed by atoms with Crippen LogP contribution in [0.5, 0.6) is 0 Å². The van der Waals surface area contributed by atoms with Crippen molar-refractivity contribution in [3.8, 4) is 0 Å². The van der Waals surface area contributed by atoms with Gasteiger partial charge < -0.3 is 19.9 Å². The minimum Gasteiger partial charge on any atom is -0.381 e. The Morgan fingerprint density at radius 3 is 2.65 bits per heavy atom. The van der Waals surface area contributed by atoms with Crippen molar-refractivity contribution in [3.05, 3.63) is 0 Å². The van der Waals surface area contributed by atoms with Crippen LogP contribution in [-0.2, 0) is 9.53 Å². The van der Waals surface area contributed by atoms with Crippen LogP contribution in [0.4, 0.5) is 0 Å². The van der Waals surface area contributed by atoms with Gasteiger partial charge in [0.05, 0.1) is 0 Å². The molecule has 0 aliphatic carbocycles. The highest BCUT2D eigenvalue weighted by molar-refractivity contribution is 14.0. The lowest BCUT2D eigenvalue weighted by Crippen LogP contribution is -2.44. The molecule has 6 nitrogen and oxygen atoms in total. The Bertz CT molecular complexity index is 409. The molecular formula is C16H31IN4O2. The number of likely N-dealkylation sites (tertiary alicyclic amines) is 1. The van der Waals surface area contributed by atoms with Gasteiger partial charge in [-0.2, -0.15) is 0 Å². The Morgan fingerprint density at radius 1 is 1.35 bits per heavy atom. The number of hydrogen-bond acceptors (Lipinski definition) is 3. The lowest BCUT2D eigenvalue weighted by Gasteiger charge is -2.25. The van der Waals surface area contributed by atoms with Crippen molar-refractivity contribution in [1.29, 1.82) is 0 Å². The number of hydrogen-bond donors (Lipinski definition) is 1. The fraction of sp³-hybridized carbons (Fsp3) is 0.875. The van der Waals surface area contributed by atoms with Crippen LogP contribution in [0.3, 0.4) is 0 Å². The van der Waals surface area contributed by atoms with Crippen molar-refractivity contribution in [2.75, 3.05) is 46.9 Å². The molecule has 0 aromatic rings. The lowest BCUT2D eigenvalue weighted by atomic mass is 9.91. The molecule has 2 rings (SSSR count). The number of ether oxygens (including phenoxy) is 1. The van der Waals surface area contributed by atoms with Crippen LogP contribution < -0.4 is 5.32 Å². The van der Waals surface area contributed by atoms with E-state index in [9.17, 15) is 4.79 Å². The Kier molecular flexibility index (Phi) is 8.60. The number of aliphatic imine (C=N–C) groups is 1. The minimum absolute atomic E-state index is 0. The van der Waals surface area contributed by atoms with Gasteiger partial charge in [-0.05, 0) is 38.5 Å². The summed E-state index contributed by atoms with van der Waals surface area (Å²) in [5.41, 5.74) is 0. The Hall–Kier alpha value is -0.570. The molecule has 0 aromatic carbocycles. The number of nitrogens with one attached hydrogen (secondary N) is 1. The first-order chi connectivity index (χ1) is 10.5. The van der Waals surface area contributed by atoms with Gasteiger partial charge in [0.1, 0.15) is 6.54 Å². The van der Waals surface area contributed by atoms with Gasteiger partial charge in [-0.25, -0.2) is 4.99 Å². The van der Waals surface area contributed by atoms with Crippen molar-refractivity contribution < 1.29 is 9.53 Å². The van der Waals surface area contributed by atoms with Crippen LogP contribution in [-0.4, -0.2) is 74.7 Å². The molecule has 134 valence electrons. The lowest BCUT2D eigenvalue weighted by molar-refractivity contribution is -0.127. The van der Waals surface area contributed by atoms with E-state index in [1.54, 1.807) is 19.0 Å². The Morgan fingerprint density at radius 2 is 2.09 bits per heavy atom. The van der Waals surface area contributed by atoms with Crippen LogP contribution >= 0.6 is 24.0 Å². The first-order valence-electron chi connectivity index (χ1n) is 8.31. The predicted octanol–water partition coefficient (Wildman–Crippen LogP) is 1.40. The molecule has 0 bridgehead atoms. The van der Waals surface area contributed by atoms with Crippen LogP contribution in [0, 0.1) is 11.8 Å². The molecule has 1 amide bonds. The van der Waals surface area contributed by atoms with E-state index in [0.29, 0.717) is 17.9 Å². The van der Waals surface area contributed by atoms with Crippen molar-refractivity contribution in [2.45, 2.75) is 32.7 Å². The largest absolute Gasteiger partial charge is 0.381 e. The van der Waals surface area contributed by atoms with Gasteiger partial charge in [0, 0.05) is 46.4 Å². The van der Waals surface area contributed by atoms with Gasteiger partial charge in [0.2, 0.25) is 5.91 Å². The fourth-order valence-electron chi connectivity index (χ4n) is 3.07. The molecule has 2 aliphatic heterocycles. The van der Waals surface area contributed by atoms with Gasteiger partial charge in [-0.3, -0.25) is 4.79 Å². The van der Waals surface area contributed by atoms with Crippen LogP contribution in [0.25, 0.3) is 0 Å². The maximum Gasteiger partial charge on any atom is 0.243 e. The molecule has 2 aliphatic rings. The molecule has 23 heavy (non-hydrogen) atoms. The number of amides is 1. The first-order valence-corrected chi connectivity index (χ1v) is 8.31. The molecule has 2 heterocycles. The van der Waals surface area contributed by atoms with E-state index in [-0.39, 0.29) is 36.4 Å². The summed E-state index contributed by atoms with van der Waals surface area (Å²) < 4.78 is 5.52. The molecule has 0 spiro atoms. The van der Waals surface area contributed by atoms with E-state index in [2.05, 4.69) is 29.1 Å². The number of nitrogens with zero attached hydrogens (tertiary/aromatic N) is 3. The predicted molar refractivity (Wildman–Crippen MR) is 103 cm³/mol. The van der Waals surface area contributed by atoms with Crippen LogP contribution in [0.2, 0.25) is 0 Å². The third-order valence-corrected chi connectivity index (χ3v) is 4.44. The topological polar surface area (TPSA) is 57.2 Å².